The van der Waals surface area contributed by atoms with Gasteiger partial charge in [-0.1, -0.05) is 23.7 Å². The van der Waals surface area contributed by atoms with Gasteiger partial charge in [-0.25, -0.2) is 4.79 Å². The molecule has 4 bridgehead atoms. The first kappa shape index (κ1) is 32.3. The van der Waals surface area contributed by atoms with Crippen molar-refractivity contribution in [2.24, 2.45) is 17.2 Å². The number of aliphatic hydroxyl groups is 1. The Morgan fingerprint density at radius 1 is 1.02 bits per heavy atom. The van der Waals surface area contributed by atoms with Gasteiger partial charge in [0.2, 0.25) is 23.6 Å². The normalized spacial score (nSPS) is 20.6. The van der Waals surface area contributed by atoms with Gasteiger partial charge in [0, 0.05) is 30.8 Å². The molecule has 2 aromatic carbocycles. The topological polar surface area (TPSA) is 260 Å². The molecule has 0 aliphatic carbocycles. The zero-order valence-corrected chi connectivity index (χ0v) is 23.1. The highest BCUT2D eigenvalue weighted by Gasteiger charge is 2.32. The summed E-state index contributed by atoms with van der Waals surface area (Å²) in [5.41, 5.74) is 18.7. The third-order valence-corrected chi connectivity index (χ3v) is 7.09. The minimum Gasteiger partial charge on any atom is -0.508 e. The monoisotopic (exact) mass is 604 g/mol. The summed E-state index contributed by atoms with van der Waals surface area (Å²) in [7, 11) is 0. The Morgan fingerprint density at radius 3 is 2.29 bits per heavy atom. The highest BCUT2D eigenvalue weighted by Crippen LogP contribution is 2.30. The molecule has 1 aliphatic rings. The third-order valence-electron chi connectivity index (χ3n) is 6.72. The second-order valence-electron chi connectivity index (χ2n) is 9.98. The summed E-state index contributed by atoms with van der Waals surface area (Å²) >= 11 is 6.44. The van der Waals surface area contributed by atoms with Crippen LogP contribution < -0.4 is 33.2 Å². The van der Waals surface area contributed by atoms with Gasteiger partial charge in [0.15, 0.2) is 0 Å². The lowest BCUT2D eigenvalue weighted by Crippen LogP contribution is -2.58. The van der Waals surface area contributed by atoms with Crippen LogP contribution in [0, 0.1) is 0 Å². The van der Waals surface area contributed by atoms with Gasteiger partial charge in [-0.2, -0.15) is 0 Å². The highest BCUT2D eigenvalue weighted by molar-refractivity contribution is 6.31. The molecule has 0 saturated carbocycles. The Labute approximate surface area is 245 Å². The standard InChI is InChI=1S/C27H33ClN6O8/c28-17-3-1-12-5-14(17)8-19(25(39)34-21(27(41)42)10-23(31)37)33-26(40)20(9-16(35)11-29)32-24(38)18(30)7-15-6-13(12)2-4-22(15)36/h1-6,16,18-21,35-36H,7-11,29-30H2,(H2,31,37)(H,32,38)(H,33,40)(H,34,39)(H,41,42)/t16-,18+,19+,20+,21+/m1/s1. The number of benzene rings is 2. The van der Waals surface area contributed by atoms with E-state index in [-0.39, 0.29) is 36.6 Å². The Balaban J connectivity index is 2.11. The lowest BCUT2D eigenvalue weighted by atomic mass is 9.96. The summed E-state index contributed by atoms with van der Waals surface area (Å²) in [6.45, 7) is -0.244. The van der Waals surface area contributed by atoms with Crippen LogP contribution in [0.1, 0.15) is 24.0 Å². The molecule has 0 aromatic heterocycles. The number of carbonyl (C=O) groups is 5. The van der Waals surface area contributed by atoms with E-state index < -0.39 is 66.3 Å². The van der Waals surface area contributed by atoms with Crippen LogP contribution in [0.15, 0.2) is 36.4 Å². The largest absolute Gasteiger partial charge is 0.508 e. The van der Waals surface area contributed by atoms with E-state index in [1.165, 1.54) is 6.07 Å². The maximum Gasteiger partial charge on any atom is 0.326 e. The minimum atomic E-state index is -1.69. The number of phenols is 1. The number of carboxylic acids is 1. The number of carbonyl (C=O) groups excluding carboxylic acids is 4. The fourth-order valence-electron chi connectivity index (χ4n) is 4.42. The Hall–Kier alpha value is -4.24. The van der Waals surface area contributed by atoms with Crippen molar-refractivity contribution in [2.75, 3.05) is 6.54 Å². The lowest BCUT2D eigenvalue weighted by molar-refractivity contribution is -0.143. The molecule has 14 nitrogen and oxygen atoms in total. The van der Waals surface area contributed by atoms with Crippen LogP contribution in [0.3, 0.4) is 0 Å². The molecule has 226 valence electrons. The Bertz CT molecular complexity index is 1370. The number of phenolic OH excluding ortho intramolecular Hbond substituents is 1. The smallest absolute Gasteiger partial charge is 0.326 e. The van der Waals surface area contributed by atoms with Gasteiger partial charge in [0.1, 0.15) is 23.9 Å². The van der Waals surface area contributed by atoms with E-state index in [0.717, 1.165) is 0 Å². The molecule has 0 unspecified atom stereocenters. The molecule has 4 amide bonds. The predicted molar refractivity (Wildman–Crippen MR) is 151 cm³/mol. The molecule has 0 radical (unpaired) electrons. The lowest BCUT2D eigenvalue weighted by Gasteiger charge is -2.26. The van der Waals surface area contributed by atoms with Gasteiger partial charge in [-0.3, -0.25) is 19.2 Å². The number of hydrogen-bond acceptors (Lipinski definition) is 9. The SMILES string of the molecule is NC[C@H](O)C[C@@H]1NC(=O)[C@@H](N)Cc2cc(ccc2O)-c2ccc(Cl)c(c2)C[C@@H](C(=O)N[C@@H](CC(N)=O)C(=O)O)NC1=O. The Morgan fingerprint density at radius 2 is 1.67 bits per heavy atom. The van der Waals surface area contributed by atoms with Crippen molar-refractivity contribution in [1.82, 2.24) is 16.0 Å². The van der Waals surface area contributed by atoms with E-state index in [0.29, 0.717) is 22.3 Å². The number of aromatic hydroxyl groups is 1. The van der Waals surface area contributed by atoms with Gasteiger partial charge in [0.25, 0.3) is 0 Å². The summed E-state index contributed by atoms with van der Waals surface area (Å²) in [5, 5.41) is 37.4. The van der Waals surface area contributed by atoms with Crippen LogP contribution in [0.2, 0.25) is 5.02 Å². The minimum absolute atomic E-state index is 0.0960. The second-order valence-corrected chi connectivity index (χ2v) is 10.4. The molecule has 0 spiro atoms. The number of amides is 4. The number of aliphatic hydroxyl groups excluding tert-OH is 1. The van der Waals surface area contributed by atoms with E-state index in [4.69, 9.17) is 28.8 Å². The van der Waals surface area contributed by atoms with Gasteiger partial charge < -0.3 is 48.5 Å². The molecule has 2 aromatic rings. The maximum absolute atomic E-state index is 13.4. The number of halogens is 1. The van der Waals surface area contributed by atoms with Crippen molar-refractivity contribution >= 4 is 41.2 Å². The number of hydrogen-bond donors (Lipinski definition) is 9. The van der Waals surface area contributed by atoms with Crippen molar-refractivity contribution < 1.29 is 39.3 Å². The number of aliphatic carboxylic acids is 1. The quantitative estimate of drug-likeness (QED) is 0.164. The van der Waals surface area contributed by atoms with Crippen LogP contribution in [0.5, 0.6) is 5.75 Å². The average molecular weight is 605 g/mol. The van der Waals surface area contributed by atoms with E-state index in [9.17, 15) is 39.3 Å². The van der Waals surface area contributed by atoms with E-state index >= 15 is 0 Å². The van der Waals surface area contributed by atoms with Crippen molar-refractivity contribution in [3.8, 4) is 16.9 Å². The third kappa shape index (κ3) is 8.39. The molecule has 0 fully saturated rings. The fraction of sp³-hybridized carbons (Fsp3) is 0.370. The molecule has 1 aliphatic heterocycles. The van der Waals surface area contributed by atoms with Gasteiger partial charge in [0.05, 0.1) is 18.6 Å². The molecular weight excluding hydrogens is 572 g/mol. The van der Waals surface area contributed by atoms with Crippen LogP contribution in [0.4, 0.5) is 0 Å². The van der Waals surface area contributed by atoms with Crippen LogP contribution in [-0.4, -0.2) is 81.7 Å². The van der Waals surface area contributed by atoms with Crippen molar-refractivity contribution in [2.45, 2.75) is 56.0 Å². The number of primary amides is 1. The molecule has 42 heavy (non-hydrogen) atoms. The summed E-state index contributed by atoms with van der Waals surface area (Å²) in [6.07, 6.45) is -2.60. The molecule has 3 rings (SSSR count). The first-order valence-electron chi connectivity index (χ1n) is 13.0. The first-order chi connectivity index (χ1) is 19.8. The zero-order valence-electron chi connectivity index (χ0n) is 22.4. The number of carboxylic acid groups (broad SMARTS) is 1. The fourth-order valence-corrected chi connectivity index (χ4v) is 4.62. The van der Waals surface area contributed by atoms with Crippen LogP contribution in [-0.2, 0) is 36.8 Å². The molecule has 15 heteroatoms. The van der Waals surface area contributed by atoms with Gasteiger partial charge >= 0.3 is 5.97 Å². The molecule has 5 atom stereocenters. The van der Waals surface area contributed by atoms with Crippen molar-refractivity contribution in [3.05, 3.63) is 52.5 Å². The summed E-state index contributed by atoms with van der Waals surface area (Å²) in [6, 6.07) is 3.85. The van der Waals surface area contributed by atoms with E-state index in [1.807, 2.05) is 0 Å². The summed E-state index contributed by atoms with van der Waals surface area (Å²) in [5.74, 6) is -5.27. The van der Waals surface area contributed by atoms with Crippen molar-refractivity contribution in [1.29, 1.82) is 0 Å². The molecular formula is C27H33ClN6O8. The average Bonchev–Trinajstić information content (AvgIpc) is 2.93. The number of nitrogens with two attached hydrogens (primary N) is 3. The summed E-state index contributed by atoms with van der Waals surface area (Å²) in [4.78, 5) is 62.8. The molecule has 0 saturated heterocycles. The van der Waals surface area contributed by atoms with E-state index in [2.05, 4.69) is 16.0 Å². The number of fused-ring (bicyclic) bond motifs is 5. The highest BCUT2D eigenvalue weighted by atomic mass is 35.5. The number of nitrogens with one attached hydrogen (secondary N) is 3. The predicted octanol–water partition coefficient (Wildman–Crippen LogP) is -1.74. The van der Waals surface area contributed by atoms with Gasteiger partial charge in [-0.15, -0.1) is 0 Å². The van der Waals surface area contributed by atoms with Crippen LogP contribution in [0.25, 0.3) is 11.1 Å². The molecule has 1 heterocycles. The van der Waals surface area contributed by atoms with Gasteiger partial charge in [-0.05, 0) is 46.5 Å². The second kappa shape index (κ2) is 14.1. The number of rotatable bonds is 8. The zero-order chi connectivity index (χ0) is 31.1. The van der Waals surface area contributed by atoms with Crippen molar-refractivity contribution in [3.63, 3.8) is 0 Å². The Kier molecular flexibility index (Phi) is 10.8. The maximum atomic E-state index is 13.4. The van der Waals surface area contributed by atoms with Crippen LogP contribution >= 0.6 is 11.6 Å². The first-order valence-corrected chi connectivity index (χ1v) is 13.3. The molecule has 12 N–H and O–H groups in total. The summed E-state index contributed by atoms with van der Waals surface area (Å²) < 4.78 is 0. The van der Waals surface area contributed by atoms with E-state index in [1.54, 1.807) is 30.3 Å².